The lowest BCUT2D eigenvalue weighted by atomic mass is 9.89. The first kappa shape index (κ1) is 54.0. The molecule has 0 aliphatic heterocycles. The number of unbranched alkanes of at least 4 members (excludes halogenated alkanes) is 30. The van der Waals surface area contributed by atoms with E-state index >= 15 is 0 Å². The van der Waals surface area contributed by atoms with Crippen molar-refractivity contribution < 1.29 is 23.8 Å². The highest BCUT2D eigenvalue weighted by molar-refractivity contribution is 5.85. The van der Waals surface area contributed by atoms with E-state index in [1.807, 2.05) is 0 Å². The summed E-state index contributed by atoms with van der Waals surface area (Å²) >= 11 is 0. The van der Waals surface area contributed by atoms with E-state index in [9.17, 15) is 9.59 Å². The molecule has 0 bridgehead atoms. The third-order valence-electron chi connectivity index (χ3n) is 11.5. The molecule has 0 aliphatic carbocycles. The topological polar surface area (TPSA) is 73.9 Å². The van der Waals surface area contributed by atoms with Crippen LogP contribution in [0.2, 0.25) is 0 Å². The minimum Gasteiger partial charge on any atom is -0.382 e. The summed E-state index contributed by atoms with van der Waals surface area (Å²) in [7, 11) is 1.65. The van der Waals surface area contributed by atoms with Gasteiger partial charge in [0.1, 0.15) is 5.78 Å². The third-order valence-corrected chi connectivity index (χ3v) is 11.5. The van der Waals surface area contributed by atoms with E-state index in [0.29, 0.717) is 58.3 Å². The Labute approximate surface area is 343 Å². The van der Waals surface area contributed by atoms with Crippen molar-refractivity contribution in [2.24, 2.45) is 5.92 Å². The van der Waals surface area contributed by atoms with Gasteiger partial charge in [0.05, 0.1) is 33.0 Å². The molecule has 0 aromatic carbocycles. The molecule has 0 atom stereocenters. The standard InChI is InChI=1S/C49H97NO5/c1-4-6-8-10-12-14-16-18-20-22-24-26-28-30-32-34-36-47(37-35-33-31-29-27-25-23-21-19-17-15-13-11-9-7-5-2)46-48(51)38-39-49(52)50-40-41-54-44-45-55-43-42-53-3/h47H,4-46H2,1-3H3,(H,50,52). The maximum atomic E-state index is 13.0. The minimum absolute atomic E-state index is 0.0551. The van der Waals surface area contributed by atoms with Crippen LogP contribution in [0.1, 0.15) is 251 Å². The summed E-state index contributed by atoms with van der Waals surface area (Å²) in [6, 6.07) is 0. The normalized spacial score (nSPS) is 11.6. The van der Waals surface area contributed by atoms with Gasteiger partial charge in [-0.15, -0.1) is 0 Å². The summed E-state index contributed by atoms with van der Waals surface area (Å²) in [4.78, 5) is 25.4. The van der Waals surface area contributed by atoms with Crippen LogP contribution in [0.3, 0.4) is 0 Å². The van der Waals surface area contributed by atoms with Gasteiger partial charge in [-0.05, 0) is 5.92 Å². The van der Waals surface area contributed by atoms with Gasteiger partial charge < -0.3 is 19.5 Å². The quantitative estimate of drug-likeness (QED) is 0.0623. The smallest absolute Gasteiger partial charge is 0.220 e. The molecule has 6 heteroatoms. The summed E-state index contributed by atoms with van der Waals surface area (Å²) in [5, 5.41) is 2.90. The fourth-order valence-electron chi connectivity index (χ4n) is 7.80. The van der Waals surface area contributed by atoms with Crippen LogP contribution in [0.5, 0.6) is 0 Å². The number of rotatable bonds is 48. The van der Waals surface area contributed by atoms with E-state index < -0.39 is 0 Å². The zero-order valence-corrected chi connectivity index (χ0v) is 37.5. The number of Topliss-reactive ketones (excluding diaryl/α,β-unsaturated/α-hetero) is 1. The molecule has 0 spiro atoms. The average Bonchev–Trinajstić information content (AvgIpc) is 3.18. The molecule has 6 nitrogen and oxygen atoms in total. The van der Waals surface area contributed by atoms with Crippen molar-refractivity contribution in [1.82, 2.24) is 5.32 Å². The van der Waals surface area contributed by atoms with E-state index in [1.165, 1.54) is 218 Å². The SMILES string of the molecule is CCCCCCCCCCCCCCCCCCC(CCCCCCCCCCCCCCCCCC)CC(=O)CCC(=O)NCCOCCOCCOC. The van der Waals surface area contributed by atoms with Crippen LogP contribution in [0.4, 0.5) is 0 Å². The van der Waals surface area contributed by atoms with Crippen LogP contribution in [0, 0.1) is 5.92 Å². The van der Waals surface area contributed by atoms with Crippen molar-refractivity contribution in [3.63, 3.8) is 0 Å². The molecule has 0 aromatic rings. The van der Waals surface area contributed by atoms with Gasteiger partial charge in [0.2, 0.25) is 5.91 Å². The van der Waals surface area contributed by atoms with Gasteiger partial charge in [-0.3, -0.25) is 9.59 Å². The molecule has 328 valence electrons. The second-order valence-corrected chi connectivity index (χ2v) is 16.9. The second-order valence-electron chi connectivity index (χ2n) is 16.9. The van der Waals surface area contributed by atoms with E-state index in [0.717, 1.165) is 0 Å². The first-order valence-corrected chi connectivity index (χ1v) is 24.6. The number of hydrogen-bond donors (Lipinski definition) is 1. The van der Waals surface area contributed by atoms with E-state index in [1.54, 1.807) is 7.11 Å². The lowest BCUT2D eigenvalue weighted by Gasteiger charge is -2.16. The molecule has 0 radical (unpaired) electrons. The fourth-order valence-corrected chi connectivity index (χ4v) is 7.80. The maximum Gasteiger partial charge on any atom is 0.220 e. The molecule has 1 N–H and O–H groups in total. The van der Waals surface area contributed by atoms with Crippen LogP contribution in [-0.4, -0.2) is 58.4 Å². The van der Waals surface area contributed by atoms with E-state index in [-0.39, 0.29) is 18.1 Å². The largest absolute Gasteiger partial charge is 0.382 e. The number of hydrogen-bond acceptors (Lipinski definition) is 5. The Morgan fingerprint density at radius 3 is 1.11 bits per heavy atom. The Morgan fingerprint density at radius 1 is 0.418 bits per heavy atom. The summed E-state index contributed by atoms with van der Waals surface area (Å²) in [6.45, 7) is 7.66. The molecule has 0 heterocycles. The first-order valence-electron chi connectivity index (χ1n) is 24.6. The summed E-state index contributed by atoms with van der Waals surface area (Å²) in [5.41, 5.74) is 0. The molecule has 0 unspecified atom stereocenters. The highest BCUT2D eigenvalue weighted by Gasteiger charge is 2.15. The van der Waals surface area contributed by atoms with Gasteiger partial charge in [-0.25, -0.2) is 0 Å². The first-order chi connectivity index (χ1) is 27.1. The lowest BCUT2D eigenvalue weighted by molar-refractivity contribution is -0.126. The van der Waals surface area contributed by atoms with Crippen molar-refractivity contribution in [2.45, 2.75) is 251 Å². The molecular formula is C49H97NO5. The van der Waals surface area contributed by atoms with Crippen LogP contribution < -0.4 is 5.32 Å². The predicted octanol–water partition coefficient (Wildman–Crippen LogP) is 14.4. The maximum absolute atomic E-state index is 13.0. The molecule has 0 aliphatic rings. The molecule has 0 fully saturated rings. The lowest BCUT2D eigenvalue weighted by Crippen LogP contribution is -2.28. The summed E-state index contributed by atoms with van der Waals surface area (Å²) in [5.74, 6) is 0.686. The Kier molecular flexibility index (Phi) is 46.6. The zero-order valence-electron chi connectivity index (χ0n) is 37.5. The Balaban J connectivity index is 4.17. The van der Waals surface area contributed by atoms with Gasteiger partial charge >= 0.3 is 0 Å². The van der Waals surface area contributed by atoms with Gasteiger partial charge in [0.15, 0.2) is 0 Å². The molecule has 0 saturated heterocycles. The fraction of sp³-hybridized carbons (Fsp3) is 0.959. The number of carbonyl (C=O) groups is 2. The average molecular weight is 780 g/mol. The second kappa shape index (κ2) is 47.4. The number of ketones is 1. The van der Waals surface area contributed by atoms with Gasteiger partial charge in [0, 0.05) is 32.9 Å². The van der Waals surface area contributed by atoms with Crippen molar-refractivity contribution in [3.05, 3.63) is 0 Å². The number of ether oxygens (including phenoxy) is 3. The van der Waals surface area contributed by atoms with Crippen LogP contribution >= 0.6 is 0 Å². The van der Waals surface area contributed by atoms with Crippen LogP contribution in [-0.2, 0) is 23.8 Å². The molecule has 55 heavy (non-hydrogen) atoms. The van der Waals surface area contributed by atoms with Gasteiger partial charge in [0.25, 0.3) is 0 Å². The number of carbonyl (C=O) groups excluding carboxylic acids is 2. The van der Waals surface area contributed by atoms with Gasteiger partial charge in [-0.2, -0.15) is 0 Å². The highest BCUT2D eigenvalue weighted by Crippen LogP contribution is 2.24. The zero-order chi connectivity index (χ0) is 40.0. The van der Waals surface area contributed by atoms with Crippen molar-refractivity contribution in [3.8, 4) is 0 Å². The predicted molar refractivity (Wildman–Crippen MR) is 237 cm³/mol. The van der Waals surface area contributed by atoms with Crippen LogP contribution in [0.25, 0.3) is 0 Å². The highest BCUT2D eigenvalue weighted by atomic mass is 16.5. The minimum atomic E-state index is -0.0551. The molecule has 0 aromatic heterocycles. The van der Waals surface area contributed by atoms with E-state index in [2.05, 4.69) is 19.2 Å². The Morgan fingerprint density at radius 2 is 0.745 bits per heavy atom. The molecule has 1 amide bonds. The monoisotopic (exact) mass is 780 g/mol. The number of methoxy groups -OCH3 is 1. The third kappa shape index (κ3) is 45.6. The van der Waals surface area contributed by atoms with Crippen molar-refractivity contribution >= 4 is 11.7 Å². The van der Waals surface area contributed by atoms with E-state index in [4.69, 9.17) is 14.2 Å². The Bertz CT molecular complexity index is 726. The summed E-state index contributed by atoms with van der Waals surface area (Å²) in [6.07, 6.45) is 48.1. The molecule has 0 rings (SSSR count). The van der Waals surface area contributed by atoms with Crippen LogP contribution in [0.15, 0.2) is 0 Å². The number of amides is 1. The van der Waals surface area contributed by atoms with Gasteiger partial charge in [-0.1, -0.05) is 232 Å². The van der Waals surface area contributed by atoms with Crippen molar-refractivity contribution in [1.29, 1.82) is 0 Å². The number of nitrogens with one attached hydrogen (secondary N) is 1. The molecule has 0 saturated carbocycles. The van der Waals surface area contributed by atoms with Crippen molar-refractivity contribution in [2.75, 3.05) is 46.7 Å². The summed E-state index contributed by atoms with van der Waals surface area (Å²) < 4.78 is 15.8. The Hall–Kier alpha value is -0.980. The molecular weight excluding hydrogens is 683 g/mol.